The molecule has 4 aromatic rings. The Kier molecular flexibility index (Phi) is 4.00. The molecule has 0 aliphatic carbocycles. The van der Waals surface area contributed by atoms with E-state index >= 15 is 0 Å². The summed E-state index contributed by atoms with van der Waals surface area (Å²) < 4.78 is 15.3. The van der Waals surface area contributed by atoms with Crippen LogP contribution in [0.1, 0.15) is 23.0 Å². The number of thiazole rings is 1. The molecule has 1 N–H and O–H groups in total. The van der Waals surface area contributed by atoms with Crippen molar-refractivity contribution in [2.75, 3.05) is 5.32 Å². The molecule has 0 atom stereocenters. The highest BCUT2D eigenvalue weighted by molar-refractivity contribution is 7.14. The van der Waals surface area contributed by atoms with Crippen LogP contribution in [0.4, 0.5) is 15.2 Å². The molecule has 0 spiro atoms. The maximum atomic E-state index is 13.6. The minimum atomic E-state index is -0.328. The average molecular weight is 366 g/mol. The van der Waals surface area contributed by atoms with Gasteiger partial charge in [0, 0.05) is 22.8 Å². The zero-order valence-electron chi connectivity index (χ0n) is 14.2. The molecule has 130 valence electrons. The van der Waals surface area contributed by atoms with Crippen molar-refractivity contribution in [1.82, 2.24) is 14.4 Å². The quantitative estimate of drug-likeness (QED) is 0.525. The summed E-state index contributed by atoms with van der Waals surface area (Å²) in [5, 5.41) is 5.80. The number of nitrogens with zero attached hydrogens (tertiary/aromatic N) is 3. The number of carbonyl (C=O) groups excluding carboxylic acids is 1. The lowest BCUT2D eigenvalue weighted by Crippen LogP contribution is -1.95. The van der Waals surface area contributed by atoms with Gasteiger partial charge in [-0.15, -0.1) is 11.3 Å². The van der Waals surface area contributed by atoms with Crippen molar-refractivity contribution in [1.29, 1.82) is 0 Å². The number of nitrogens with one attached hydrogen (secondary N) is 1. The number of carbonyl (C=O) groups is 1. The van der Waals surface area contributed by atoms with Crippen molar-refractivity contribution in [3.63, 3.8) is 0 Å². The average Bonchev–Trinajstić information content (AvgIpc) is 3.18. The van der Waals surface area contributed by atoms with Gasteiger partial charge in [0.15, 0.2) is 10.9 Å². The van der Waals surface area contributed by atoms with Gasteiger partial charge in [-0.05, 0) is 38.1 Å². The number of pyridine rings is 1. The molecular weight excluding hydrogens is 351 g/mol. The predicted octanol–water partition coefficient (Wildman–Crippen LogP) is 4.85. The van der Waals surface area contributed by atoms with E-state index in [0.717, 1.165) is 22.8 Å². The summed E-state index contributed by atoms with van der Waals surface area (Å²) in [6, 6.07) is 10.3. The number of rotatable bonds is 4. The number of aryl methyl sites for hydroxylation is 1. The monoisotopic (exact) mass is 366 g/mol. The Morgan fingerprint density at radius 1 is 1.23 bits per heavy atom. The normalized spacial score (nSPS) is 11.0. The summed E-state index contributed by atoms with van der Waals surface area (Å²) >= 11 is 1.44. The Balaban J connectivity index is 1.69. The van der Waals surface area contributed by atoms with Gasteiger partial charge in [0.25, 0.3) is 0 Å². The number of Topliss-reactive ketones (excluding diaryl/α,β-unsaturated/α-hetero) is 1. The maximum absolute atomic E-state index is 13.6. The van der Waals surface area contributed by atoms with Gasteiger partial charge in [0.2, 0.25) is 0 Å². The lowest BCUT2D eigenvalue weighted by atomic mass is 10.1. The maximum Gasteiger partial charge on any atom is 0.187 e. The molecule has 1 aromatic carbocycles. The molecule has 3 aromatic heterocycles. The number of hydrogen-bond acceptors (Lipinski definition) is 5. The van der Waals surface area contributed by atoms with Crippen LogP contribution >= 0.6 is 11.3 Å². The Morgan fingerprint density at radius 2 is 2.08 bits per heavy atom. The molecule has 0 aliphatic heterocycles. The summed E-state index contributed by atoms with van der Waals surface area (Å²) in [6.45, 7) is 3.41. The molecule has 0 aliphatic rings. The van der Waals surface area contributed by atoms with E-state index in [-0.39, 0.29) is 11.6 Å². The molecule has 0 fully saturated rings. The zero-order chi connectivity index (χ0) is 18.3. The fourth-order valence-corrected chi connectivity index (χ4v) is 3.54. The summed E-state index contributed by atoms with van der Waals surface area (Å²) in [7, 11) is 0. The molecular formula is C19H15FN4OS. The van der Waals surface area contributed by atoms with Gasteiger partial charge in [-0.3, -0.25) is 9.20 Å². The summed E-state index contributed by atoms with van der Waals surface area (Å²) in [6.07, 6.45) is 1.41. The number of fused-ring (bicyclic) bond motifs is 1. The summed E-state index contributed by atoms with van der Waals surface area (Å²) in [5.41, 5.74) is 4.37. The minimum absolute atomic E-state index is 0.0110. The first kappa shape index (κ1) is 16.4. The highest BCUT2D eigenvalue weighted by Crippen LogP contribution is 2.30. The van der Waals surface area contributed by atoms with Gasteiger partial charge in [0.05, 0.1) is 11.4 Å². The lowest BCUT2D eigenvalue weighted by molar-refractivity contribution is 0.101. The number of hydrogen-bond donors (Lipinski definition) is 1. The second-order valence-electron chi connectivity index (χ2n) is 5.92. The minimum Gasteiger partial charge on any atom is -0.332 e. The van der Waals surface area contributed by atoms with E-state index in [1.54, 1.807) is 22.6 Å². The summed E-state index contributed by atoms with van der Waals surface area (Å²) in [5.74, 6) is -0.317. The van der Waals surface area contributed by atoms with Gasteiger partial charge in [-0.25, -0.2) is 14.4 Å². The van der Waals surface area contributed by atoms with Crippen LogP contribution in [-0.4, -0.2) is 20.2 Å². The molecule has 0 bridgehead atoms. The second-order valence-corrected chi connectivity index (χ2v) is 6.78. The van der Waals surface area contributed by atoms with Crippen LogP contribution in [0.5, 0.6) is 0 Å². The van der Waals surface area contributed by atoms with Crippen molar-refractivity contribution < 1.29 is 9.18 Å². The van der Waals surface area contributed by atoms with Crippen molar-refractivity contribution in [3.05, 3.63) is 65.0 Å². The van der Waals surface area contributed by atoms with Gasteiger partial charge >= 0.3 is 0 Å². The van der Waals surface area contributed by atoms with Gasteiger partial charge in [0.1, 0.15) is 17.2 Å². The van der Waals surface area contributed by atoms with E-state index in [1.807, 2.05) is 24.4 Å². The zero-order valence-corrected chi connectivity index (χ0v) is 15.0. The third kappa shape index (κ3) is 2.97. The van der Waals surface area contributed by atoms with E-state index in [0.29, 0.717) is 16.3 Å². The van der Waals surface area contributed by atoms with Crippen LogP contribution in [0.25, 0.3) is 17.0 Å². The van der Waals surface area contributed by atoms with Crippen molar-refractivity contribution >= 4 is 33.6 Å². The van der Waals surface area contributed by atoms with Crippen LogP contribution in [0.3, 0.4) is 0 Å². The van der Waals surface area contributed by atoms with E-state index in [4.69, 9.17) is 0 Å². The van der Waals surface area contributed by atoms with Crippen molar-refractivity contribution in [3.8, 4) is 11.4 Å². The summed E-state index contributed by atoms with van der Waals surface area (Å²) in [4.78, 5) is 20.6. The number of imidazole rings is 1. The van der Waals surface area contributed by atoms with Crippen molar-refractivity contribution in [2.45, 2.75) is 13.8 Å². The molecule has 26 heavy (non-hydrogen) atoms. The number of anilines is 2. The number of ketones is 1. The van der Waals surface area contributed by atoms with Gasteiger partial charge in [-0.1, -0.05) is 12.1 Å². The highest BCUT2D eigenvalue weighted by Gasteiger charge is 2.15. The second kappa shape index (κ2) is 6.34. The third-order valence-corrected chi connectivity index (χ3v) is 4.78. The van der Waals surface area contributed by atoms with E-state index in [1.165, 1.54) is 30.5 Å². The number of benzene rings is 1. The molecule has 0 amide bonds. The van der Waals surface area contributed by atoms with Crippen LogP contribution in [0.15, 0.2) is 48.0 Å². The Labute approximate surface area is 153 Å². The molecule has 4 rings (SSSR count). The largest absolute Gasteiger partial charge is 0.332 e. The fourth-order valence-electron chi connectivity index (χ4n) is 2.82. The van der Waals surface area contributed by atoms with E-state index in [2.05, 4.69) is 15.3 Å². The standard InChI is InChI=1S/C19H15FN4OS/c1-11-18(24-9-14(20)6-7-17(24)21-11)16-10-26-19(23-16)22-15-5-3-4-13(8-15)12(2)25/h3-10H,1-2H3,(H,22,23). The first-order chi connectivity index (χ1) is 12.5. The molecule has 0 saturated carbocycles. The van der Waals surface area contributed by atoms with Crippen LogP contribution < -0.4 is 5.32 Å². The molecule has 5 nitrogen and oxygen atoms in total. The van der Waals surface area contributed by atoms with Gasteiger partial charge < -0.3 is 5.32 Å². The number of halogens is 1. The fraction of sp³-hybridized carbons (Fsp3) is 0.105. The van der Waals surface area contributed by atoms with Crippen molar-refractivity contribution in [2.24, 2.45) is 0 Å². The SMILES string of the molecule is CC(=O)c1cccc(Nc2nc(-c3c(C)nc4ccc(F)cn34)cs2)c1. The third-order valence-electron chi connectivity index (χ3n) is 4.02. The molecule has 0 radical (unpaired) electrons. The number of aromatic nitrogens is 3. The smallest absolute Gasteiger partial charge is 0.187 e. The van der Waals surface area contributed by atoms with Crippen LogP contribution in [0, 0.1) is 12.7 Å². The molecule has 0 unspecified atom stereocenters. The Morgan fingerprint density at radius 3 is 2.88 bits per heavy atom. The molecule has 7 heteroatoms. The van der Waals surface area contributed by atoms with E-state index in [9.17, 15) is 9.18 Å². The molecule has 0 saturated heterocycles. The first-order valence-electron chi connectivity index (χ1n) is 7.99. The first-order valence-corrected chi connectivity index (χ1v) is 8.87. The topological polar surface area (TPSA) is 59.3 Å². The van der Waals surface area contributed by atoms with Crippen LogP contribution in [0.2, 0.25) is 0 Å². The lowest BCUT2D eigenvalue weighted by Gasteiger charge is -2.04. The van der Waals surface area contributed by atoms with Crippen LogP contribution in [-0.2, 0) is 0 Å². The van der Waals surface area contributed by atoms with Gasteiger partial charge in [-0.2, -0.15) is 0 Å². The predicted molar refractivity (Wildman–Crippen MR) is 101 cm³/mol. The highest BCUT2D eigenvalue weighted by atomic mass is 32.1. The van der Waals surface area contributed by atoms with E-state index < -0.39 is 0 Å². The Bertz CT molecular complexity index is 1130. The Hall–Kier alpha value is -3.06. The molecule has 3 heterocycles.